The van der Waals surface area contributed by atoms with Crippen LogP contribution in [0.1, 0.15) is 20.8 Å². The second-order valence-corrected chi connectivity index (χ2v) is 5.46. The van der Waals surface area contributed by atoms with Crippen LogP contribution in [-0.4, -0.2) is 38.2 Å². The van der Waals surface area contributed by atoms with Crippen molar-refractivity contribution < 1.29 is 23.8 Å². The molecule has 1 aromatic heterocycles. The molecular formula is C19H18N2O5. The van der Waals surface area contributed by atoms with E-state index in [4.69, 9.17) is 14.2 Å². The maximum absolute atomic E-state index is 12.6. The molecular weight excluding hydrogens is 336 g/mol. The highest BCUT2D eigenvalue weighted by Crippen LogP contribution is 2.31. The first-order chi connectivity index (χ1) is 12.6. The van der Waals surface area contributed by atoms with Crippen LogP contribution in [-0.2, 0) is 4.74 Å². The molecule has 1 amide bonds. The number of benzene rings is 2. The van der Waals surface area contributed by atoms with Gasteiger partial charge in [0.05, 0.1) is 32.5 Å². The number of H-pyrrole nitrogens is 1. The Balaban J connectivity index is 2.01. The number of aromatic amines is 1. The van der Waals surface area contributed by atoms with Crippen LogP contribution in [0.2, 0.25) is 0 Å². The molecule has 0 bridgehead atoms. The number of nitrogens with one attached hydrogen (secondary N) is 2. The molecule has 0 fully saturated rings. The van der Waals surface area contributed by atoms with Crippen molar-refractivity contribution in [3.8, 4) is 11.5 Å². The van der Waals surface area contributed by atoms with Crippen LogP contribution in [0.25, 0.3) is 10.9 Å². The summed E-state index contributed by atoms with van der Waals surface area (Å²) in [5, 5.41) is 3.46. The average Bonchev–Trinajstić information content (AvgIpc) is 3.04. The van der Waals surface area contributed by atoms with Crippen LogP contribution >= 0.6 is 0 Å². The third-order valence-electron chi connectivity index (χ3n) is 3.99. The molecule has 7 heteroatoms. The van der Waals surface area contributed by atoms with Gasteiger partial charge in [-0.1, -0.05) is 0 Å². The lowest BCUT2D eigenvalue weighted by Crippen LogP contribution is -2.14. The molecule has 3 rings (SSSR count). The smallest absolute Gasteiger partial charge is 0.356 e. The number of esters is 1. The van der Waals surface area contributed by atoms with E-state index in [1.165, 1.54) is 7.11 Å². The van der Waals surface area contributed by atoms with Gasteiger partial charge in [0.2, 0.25) is 0 Å². The van der Waals surface area contributed by atoms with Crippen molar-refractivity contribution in [3.05, 3.63) is 53.7 Å². The number of hydrogen-bond acceptors (Lipinski definition) is 5. The minimum absolute atomic E-state index is 0.164. The molecule has 3 aromatic rings. The average molecular weight is 354 g/mol. The van der Waals surface area contributed by atoms with Crippen molar-refractivity contribution >= 4 is 28.5 Å². The van der Waals surface area contributed by atoms with E-state index < -0.39 is 5.97 Å². The lowest BCUT2D eigenvalue weighted by molar-refractivity contribution is 0.0596. The van der Waals surface area contributed by atoms with Crippen molar-refractivity contribution in [2.24, 2.45) is 0 Å². The molecule has 1 heterocycles. The number of carbonyl (C=O) groups excluding carboxylic acids is 2. The van der Waals surface area contributed by atoms with Gasteiger partial charge in [0.15, 0.2) is 0 Å². The summed E-state index contributed by atoms with van der Waals surface area (Å²) in [4.78, 5) is 27.7. The Morgan fingerprint density at radius 3 is 2.19 bits per heavy atom. The quantitative estimate of drug-likeness (QED) is 0.687. The van der Waals surface area contributed by atoms with E-state index in [0.29, 0.717) is 33.7 Å². The largest absolute Gasteiger partial charge is 0.497 e. The summed E-state index contributed by atoms with van der Waals surface area (Å²) in [5.41, 5.74) is 1.60. The van der Waals surface area contributed by atoms with E-state index in [1.54, 1.807) is 56.7 Å². The fraction of sp³-hybridized carbons (Fsp3) is 0.158. The third-order valence-corrected chi connectivity index (χ3v) is 3.99. The minimum Gasteiger partial charge on any atom is -0.497 e. The predicted octanol–water partition coefficient (Wildman–Crippen LogP) is 3.22. The lowest BCUT2D eigenvalue weighted by Gasteiger charge is -2.07. The van der Waals surface area contributed by atoms with E-state index in [2.05, 4.69) is 10.3 Å². The van der Waals surface area contributed by atoms with Gasteiger partial charge in [0.25, 0.3) is 5.91 Å². The van der Waals surface area contributed by atoms with Crippen LogP contribution < -0.4 is 14.8 Å². The second kappa shape index (κ2) is 7.18. The Labute approximate surface area is 149 Å². The van der Waals surface area contributed by atoms with E-state index in [1.807, 2.05) is 0 Å². The number of aromatic nitrogens is 1. The number of rotatable bonds is 5. The van der Waals surface area contributed by atoms with Crippen molar-refractivity contribution in [3.63, 3.8) is 0 Å². The normalized spacial score (nSPS) is 10.4. The van der Waals surface area contributed by atoms with Crippen LogP contribution in [0, 0.1) is 0 Å². The number of ether oxygens (including phenoxy) is 3. The molecule has 2 N–H and O–H groups in total. The molecule has 0 aliphatic rings. The number of fused-ring (bicyclic) bond motifs is 1. The zero-order valence-corrected chi connectivity index (χ0v) is 14.6. The molecule has 26 heavy (non-hydrogen) atoms. The van der Waals surface area contributed by atoms with Gasteiger partial charge in [0.1, 0.15) is 17.2 Å². The first kappa shape index (κ1) is 17.3. The predicted molar refractivity (Wildman–Crippen MR) is 97.1 cm³/mol. The summed E-state index contributed by atoms with van der Waals surface area (Å²) < 4.78 is 15.1. The number of methoxy groups -OCH3 is 3. The van der Waals surface area contributed by atoms with Crippen LogP contribution in [0.15, 0.2) is 42.5 Å². The highest BCUT2D eigenvalue weighted by molar-refractivity contribution is 6.14. The van der Waals surface area contributed by atoms with Crippen molar-refractivity contribution in [1.82, 2.24) is 4.98 Å². The maximum atomic E-state index is 12.6. The molecule has 0 atom stereocenters. The molecule has 0 aliphatic heterocycles. The monoisotopic (exact) mass is 354 g/mol. The SMILES string of the molecule is COC(=O)c1[nH]c2cc(OC)ccc2c1NC(=O)c1ccc(OC)cc1. The Morgan fingerprint density at radius 1 is 0.923 bits per heavy atom. The number of amides is 1. The van der Waals surface area contributed by atoms with Gasteiger partial charge < -0.3 is 24.5 Å². The van der Waals surface area contributed by atoms with Crippen molar-refractivity contribution in [1.29, 1.82) is 0 Å². The van der Waals surface area contributed by atoms with Crippen molar-refractivity contribution in [2.45, 2.75) is 0 Å². The summed E-state index contributed by atoms with van der Waals surface area (Å²) in [5.74, 6) is 0.346. The van der Waals surface area contributed by atoms with Crippen molar-refractivity contribution in [2.75, 3.05) is 26.6 Å². The zero-order valence-electron chi connectivity index (χ0n) is 14.6. The Kier molecular flexibility index (Phi) is 4.79. The molecule has 0 saturated heterocycles. The van der Waals surface area contributed by atoms with E-state index >= 15 is 0 Å². The highest BCUT2D eigenvalue weighted by atomic mass is 16.5. The minimum atomic E-state index is -0.579. The molecule has 0 saturated carbocycles. The van der Waals surface area contributed by atoms with E-state index in [0.717, 1.165) is 0 Å². The summed E-state index contributed by atoms with van der Waals surface area (Å²) in [7, 11) is 4.39. The zero-order chi connectivity index (χ0) is 18.7. The van der Waals surface area contributed by atoms with Gasteiger partial charge in [-0.25, -0.2) is 4.79 Å². The Bertz CT molecular complexity index is 960. The van der Waals surface area contributed by atoms with Gasteiger partial charge in [-0.05, 0) is 36.4 Å². The molecule has 0 radical (unpaired) electrons. The molecule has 0 spiro atoms. The lowest BCUT2D eigenvalue weighted by atomic mass is 10.1. The van der Waals surface area contributed by atoms with Crippen LogP contribution in [0.3, 0.4) is 0 Å². The number of carbonyl (C=O) groups is 2. The molecule has 2 aromatic carbocycles. The van der Waals surface area contributed by atoms with Gasteiger partial charge in [0, 0.05) is 17.0 Å². The van der Waals surface area contributed by atoms with Gasteiger partial charge >= 0.3 is 5.97 Å². The van der Waals surface area contributed by atoms with Crippen LogP contribution in [0.4, 0.5) is 5.69 Å². The summed E-state index contributed by atoms with van der Waals surface area (Å²) in [6.45, 7) is 0. The molecule has 7 nitrogen and oxygen atoms in total. The Hall–Kier alpha value is -3.48. The third kappa shape index (κ3) is 3.19. The standard InChI is InChI=1S/C19H18N2O5/c1-24-12-6-4-11(5-7-12)18(22)21-16-14-9-8-13(25-2)10-15(14)20-17(16)19(23)26-3/h4-10,20H,1-3H3,(H,21,22). The fourth-order valence-corrected chi connectivity index (χ4v) is 2.62. The fourth-order valence-electron chi connectivity index (χ4n) is 2.62. The summed E-state index contributed by atoms with van der Waals surface area (Å²) >= 11 is 0. The number of anilines is 1. The maximum Gasteiger partial charge on any atom is 0.356 e. The van der Waals surface area contributed by atoms with Gasteiger partial charge in [-0.15, -0.1) is 0 Å². The molecule has 0 unspecified atom stereocenters. The number of hydrogen-bond donors (Lipinski definition) is 2. The Morgan fingerprint density at radius 2 is 1.58 bits per heavy atom. The molecule has 0 aliphatic carbocycles. The van der Waals surface area contributed by atoms with Gasteiger partial charge in [-0.3, -0.25) is 4.79 Å². The first-order valence-corrected chi connectivity index (χ1v) is 7.80. The topological polar surface area (TPSA) is 89.7 Å². The van der Waals surface area contributed by atoms with Crippen LogP contribution in [0.5, 0.6) is 11.5 Å². The second-order valence-electron chi connectivity index (χ2n) is 5.46. The van der Waals surface area contributed by atoms with E-state index in [-0.39, 0.29) is 11.6 Å². The van der Waals surface area contributed by atoms with Gasteiger partial charge in [-0.2, -0.15) is 0 Å². The summed E-state index contributed by atoms with van der Waals surface area (Å²) in [6, 6.07) is 11.9. The molecule has 134 valence electrons. The summed E-state index contributed by atoms with van der Waals surface area (Å²) in [6.07, 6.45) is 0. The van der Waals surface area contributed by atoms with E-state index in [9.17, 15) is 9.59 Å². The highest BCUT2D eigenvalue weighted by Gasteiger charge is 2.21. The first-order valence-electron chi connectivity index (χ1n) is 7.80.